The van der Waals surface area contributed by atoms with Crippen LogP contribution in [-0.2, 0) is 9.53 Å². The molecule has 2 aromatic rings. The van der Waals surface area contributed by atoms with Gasteiger partial charge in [-0.3, -0.25) is 4.79 Å². The Labute approximate surface area is 137 Å². The summed E-state index contributed by atoms with van der Waals surface area (Å²) < 4.78 is 4.61. The molecule has 0 spiro atoms. The van der Waals surface area contributed by atoms with Gasteiger partial charge in [-0.15, -0.1) is 11.8 Å². The second-order valence-electron chi connectivity index (χ2n) is 4.36. The number of methoxy groups -OCH3 is 1. The molecular formula is C16H14ClNO3S. The minimum absolute atomic E-state index is 0.120. The van der Waals surface area contributed by atoms with Crippen LogP contribution in [0.1, 0.15) is 10.4 Å². The number of benzene rings is 2. The average Bonchev–Trinajstić information content (AvgIpc) is 2.54. The van der Waals surface area contributed by atoms with E-state index in [1.54, 1.807) is 36.4 Å². The van der Waals surface area contributed by atoms with Gasteiger partial charge >= 0.3 is 5.97 Å². The van der Waals surface area contributed by atoms with Crippen molar-refractivity contribution in [1.29, 1.82) is 0 Å². The molecule has 0 atom stereocenters. The summed E-state index contributed by atoms with van der Waals surface area (Å²) in [6.07, 6.45) is 0. The fourth-order valence-corrected chi connectivity index (χ4v) is 2.51. The molecule has 4 nitrogen and oxygen atoms in total. The van der Waals surface area contributed by atoms with Crippen LogP contribution in [0.3, 0.4) is 0 Å². The van der Waals surface area contributed by atoms with Crippen molar-refractivity contribution in [3.8, 4) is 0 Å². The van der Waals surface area contributed by atoms with Crippen LogP contribution in [0.25, 0.3) is 0 Å². The Kier molecular flexibility index (Phi) is 5.86. The quantitative estimate of drug-likeness (QED) is 0.666. The highest BCUT2D eigenvalue weighted by Gasteiger charge is 2.07. The highest BCUT2D eigenvalue weighted by Crippen LogP contribution is 2.20. The molecule has 0 heterocycles. The molecule has 2 rings (SSSR count). The van der Waals surface area contributed by atoms with Crippen LogP contribution in [-0.4, -0.2) is 24.7 Å². The largest absolute Gasteiger partial charge is 0.465 e. The molecule has 114 valence electrons. The van der Waals surface area contributed by atoms with Crippen LogP contribution >= 0.6 is 23.4 Å². The number of thioether (sulfide) groups is 1. The monoisotopic (exact) mass is 335 g/mol. The fourth-order valence-electron chi connectivity index (χ4n) is 1.68. The molecule has 0 aliphatic carbocycles. The third-order valence-corrected chi connectivity index (χ3v) is 4.04. The molecule has 0 bridgehead atoms. The van der Waals surface area contributed by atoms with Gasteiger partial charge in [0, 0.05) is 15.6 Å². The summed E-state index contributed by atoms with van der Waals surface area (Å²) in [5.74, 6) is -0.234. The third kappa shape index (κ3) is 4.79. The fraction of sp³-hybridized carbons (Fsp3) is 0.125. The van der Waals surface area contributed by atoms with E-state index < -0.39 is 5.97 Å². The van der Waals surface area contributed by atoms with E-state index in [4.69, 9.17) is 11.6 Å². The van der Waals surface area contributed by atoms with Crippen molar-refractivity contribution in [2.75, 3.05) is 18.2 Å². The molecular weight excluding hydrogens is 322 g/mol. The number of hydrogen-bond donors (Lipinski definition) is 1. The molecule has 22 heavy (non-hydrogen) atoms. The van der Waals surface area contributed by atoms with E-state index in [2.05, 4.69) is 10.1 Å². The smallest absolute Gasteiger partial charge is 0.337 e. The summed E-state index contributed by atoms with van der Waals surface area (Å²) in [4.78, 5) is 24.2. The van der Waals surface area contributed by atoms with Gasteiger partial charge < -0.3 is 10.1 Å². The number of nitrogens with one attached hydrogen (secondary N) is 1. The van der Waals surface area contributed by atoms with Crippen molar-refractivity contribution in [1.82, 2.24) is 0 Å². The van der Waals surface area contributed by atoms with Crippen LogP contribution in [0.2, 0.25) is 5.02 Å². The summed E-state index contributed by atoms with van der Waals surface area (Å²) in [5, 5.41) is 3.44. The van der Waals surface area contributed by atoms with Gasteiger partial charge in [-0.1, -0.05) is 11.6 Å². The first-order valence-electron chi connectivity index (χ1n) is 6.45. The molecule has 0 fully saturated rings. The van der Waals surface area contributed by atoms with Gasteiger partial charge in [0.25, 0.3) is 0 Å². The van der Waals surface area contributed by atoms with Crippen molar-refractivity contribution in [2.45, 2.75) is 4.90 Å². The Bertz CT molecular complexity index is 656. The van der Waals surface area contributed by atoms with Crippen molar-refractivity contribution in [2.24, 2.45) is 0 Å². The van der Waals surface area contributed by atoms with E-state index in [0.29, 0.717) is 22.0 Å². The molecule has 0 saturated carbocycles. The Morgan fingerprint density at radius 3 is 2.32 bits per heavy atom. The van der Waals surface area contributed by atoms with Gasteiger partial charge in [-0.25, -0.2) is 4.79 Å². The predicted octanol–water partition coefficient (Wildman–Crippen LogP) is 3.86. The van der Waals surface area contributed by atoms with Crippen LogP contribution in [0.5, 0.6) is 0 Å². The van der Waals surface area contributed by atoms with Crippen LogP contribution in [0, 0.1) is 0 Å². The van der Waals surface area contributed by atoms with E-state index in [-0.39, 0.29) is 5.91 Å². The SMILES string of the molecule is COC(=O)c1ccc(NC(=O)CSc2ccc(Cl)cc2)cc1. The summed E-state index contributed by atoms with van der Waals surface area (Å²) in [6, 6.07) is 13.8. The summed E-state index contributed by atoms with van der Waals surface area (Å²) in [6.45, 7) is 0. The lowest BCUT2D eigenvalue weighted by molar-refractivity contribution is -0.113. The van der Waals surface area contributed by atoms with Crippen LogP contribution in [0.15, 0.2) is 53.4 Å². The standard InChI is InChI=1S/C16H14ClNO3S/c1-21-16(20)11-2-6-13(7-3-11)18-15(19)10-22-14-8-4-12(17)5-9-14/h2-9H,10H2,1H3,(H,18,19). The van der Waals surface area contributed by atoms with Crippen LogP contribution in [0.4, 0.5) is 5.69 Å². The van der Waals surface area contributed by atoms with Gasteiger partial charge in [0.05, 0.1) is 18.4 Å². The Hall–Kier alpha value is -1.98. The number of amides is 1. The van der Waals surface area contributed by atoms with E-state index in [9.17, 15) is 9.59 Å². The molecule has 6 heteroatoms. The lowest BCUT2D eigenvalue weighted by Gasteiger charge is -2.06. The van der Waals surface area contributed by atoms with Gasteiger partial charge in [-0.05, 0) is 48.5 Å². The maximum Gasteiger partial charge on any atom is 0.337 e. The molecule has 0 aliphatic heterocycles. The number of ether oxygens (including phenoxy) is 1. The molecule has 0 radical (unpaired) electrons. The normalized spacial score (nSPS) is 10.1. The van der Waals surface area contributed by atoms with E-state index in [1.165, 1.54) is 18.9 Å². The molecule has 0 aromatic heterocycles. The molecule has 2 aromatic carbocycles. The van der Waals surface area contributed by atoms with Crippen molar-refractivity contribution in [3.05, 3.63) is 59.1 Å². The maximum atomic E-state index is 11.9. The number of hydrogen-bond acceptors (Lipinski definition) is 4. The topological polar surface area (TPSA) is 55.4 Å². The summed E-state index contributed by atoms with van der Waals surface area (Å²) in [5.41, 5.74) is 1.07. The molecule has 1 amide bonds. The zero-order valence-electron chi connectivity index (χ0n) is 11.8. The minimum Gasteiger partial charge on any atom is -0.465 e. The second kappa shape index (κ2) is 7.87. The molecule has 1 N–H and O–H groups in total. The van der Waals surface area contributed by atoms with Gasteiger partial charge in [0.1, 0.15) is 0 Å². The van der Waals surface area contributed by atoms with Crippen molar-refractivity contribution in [3.63, 3.8) is 0 Å². The highest BCUT2D eigenvalue weighted by atomic mass is 35.5. The maximum absolute atomic E-state index is 11.9. The number of halogens is 1. The predicted molar refractivity (Wildman–Crippen MR) is 88.6 cm³/mol. The number of anilines is 1. The van der Waals surface area contributed by atoms with E-state index in [1.807, 2.05) is 12.1 Å². The van der Waals surface area contributed by atoms with Gasteiger partial charge in [0.2, 0.25) is 5.91 Å². The average molecular weight is 336 g/mol. The number of carbonyl (C=O) groups is 2. The van der Waals surface area contributed by atoms with Gasteiger partial charge in [-0.2, -0.15) is 0 Å². The first-order valence-corrected chi connectivity index (χ1v) is 7.81. The molecule has 0 unspecified atom stereocenters. The van der Waals surface area contributed by atoms with Gasteiger partial charge in [0.15, 0.2) is 0 Å². The first-order chi connectivity index (χ1) is 10.6. The summed E-state index contributed by atoms with van der Waals surface area (Å²) >= 11 is 7.23. The second-order valence-corrected chi connectivity index (χ2v) is 5.84. The summed E-state index contributed by atoms with van der Waals surface area (Å²) in [7, 11) is 1.33. The van der Waals surface area contributed by atoms with Crippen molar-refractivity contribution < 1.29 is 14.3 Å². The highest BCUT2D eigenvalue weighted by molar-refractivity contribution is 8.00. The van der Waals surface area contributed by atoms with Crippen LogP contribution < -0.4 is 5.32 Å². The first kappa shape index (κ1) is 16.4. The Morgan fingerprint density at radius 1 is 1.09 bits per heavy atom. The molecule has 0 aliphatic rings. The number of carbonyl (C=O) groups excluding carboxylic acids is 2. The van der Waals surface area contributed by atoms with E-state index in [0.717, 1.165) is 4.90 Å². The minimum atomic E-state index is -0.406. The van der Waals surface area contributed by atoms with E-state index >= 15 is 0 Å². The Balaban J connectivity index is 1.86. The molecule has 0 saturated heterocycles. The lowest BCUT2D eigenvalue weighted by atomic mass is 10.2. The zero-order valence-corrected chi connectivity index (χ0v) is 13.4. The van der Waals surface area contributed by atoms with Crippen molar-refractivity contribution >= 4 is 40.9 Å². The number of rotatable bonds is 5. The third-order valence-electron chi connectivity index (χ3n) is 2.77. The number of esters is 1. The zero-order chi connectivity index (χ0) is 15.9. The lowest BCUT2D eigenvalue weighted by Crippen LogP contribution is -2.14. The Morgan fingerprint density at radius 2 is 1.73 bits per heavy atom.